The lowest BCUT2D eigenvalue weighted by Gasteiger charge is -1.65. The summed E-state index contributed by atoms with van der Waals surface area (Å²) in [6.07, 6.45) is 4.82. The van der Waals surface area contributed by atoms with E-state index in [0.717, 1.165) is 0 Å². The Morgan fingerprint density at radius 2 is 2.30 bits per heavy atom. The molecular weight excluding hydrogens is 136 g/mol. The lowest BCUT2D eigenvalue weighted by molar-refractivity contribution is 0.747. The molecule has 2 radical (unpaired) electrons. The molecule has 3 aromatic heterocycles. The fraction of sp³-hybridized carbons (Fsp3) is 0. The average molecular weight is 138 g/mol. The van der Waals surface area contributed by atoms with E-state index in [0.29, 0.717) is 0 Å². The van der Waals surface area contributed by atoms with E-state index in [1.165, 1.54) is 0 Å². The van der Waals surface area contributed by atoms with Gasteiger partial charge in [0.05, 0.1) is 0 Å². The zero-order chi connectivity index (χ0) is 6.81. The maximum atomic E-state index is 3.54. The first kappa shape index (κ1) is 4.97. The van der Waals surface area contributed by atoms with Crippen molar-refractivity contribution in [1.29, 1.82) is 0 Å². The van der Waals surface area contributed by atoms with Gasteiger partial charge in [0, 0.05) is 0 Å². The fourth-order valence-electron chi connectivity index (χ4n) is 0.355. The minimum Gasteiger partial charge on any atom is -0.236 e. The van der Waals surface area contributed by atoms with Crippen molar-refractivity contribution in [3.05, 3.63) is 12.7 Å². The van der Waals surface area contributed by atoms with Crippen molar-refractivity contribution in [1.82, 2.24) is 40.3 Å². The van der Waals surface area contributed by atoms with Gasteiger partial charge < -0.3 is 0 Å². The summed E-state index contributed by atoms with van der Waals surface area (Å²) in [4.78, 5) is 0. The molecule has 0 fully saturated rings. The molecule has 10 heavy (non-hydrogen) atoms. The van der Waals surface area contributed by atoms with Gasteiger partial charge in [-0.05, 0) is 10.4 Å². The Morgan fingerprint density at radius 3 is 2.40 bits per heavy atom. The highest BCUT2D eigenvalue weighted by Gasteiger charge is 1.97. The smallest absolute Gasteiger partial charge is 0.236 e. The maximum Gasteiger partial charge on any atom is 0.247 e. The van der Waals surface area contributed by atoms with Crippen LogP contribution in [0, 0.1) is 12.7 Å². The van der Waals surface area contributed by atoms with Crippen LogP contribution in [0.4, 0.5) is 0 Å². The third-order valence-corrected chi connectivity index (χ3v) is 0.808. The molecule has 0 bridgehead atoms. The van der Waals surface area contributed by atoms with Crippen LogP contribution in [0.1, 0.15) is 0 Å². The van der Waals surface area contributed by atoms with Gasteiger partial charge in [-0.25, -0.2) is 5.10 Å². The quantitative estimate of drug-likeness (QED) is 0.375. The number of hydrogen-bond acceptors (Lipinski definition) is 4. The number of rotatable bonds is 0. The highest BCUT2D eigenvalue weighted by Crippen LogP contribution is 1.77. The number of aromatic amines is 2. The molecule has 0 aliphatic heterocycles. The van der Waals surface area contributed by atoms with Crippen LogP contribution in [0.25, 0.3) is 0 Å². The predicted molar refractivity (Wildman–Crippen MR) is 26.0 cm³/mol. The van der Waals surface area contributed by atoms with Gasteiger partial charge in [-0.2, -0.15) is 5.21 Å². The lowest BCUT2D eigenvalue weighted by atomic mass is 11.4. The first-order valence-electron chi connectivity index (χ1n) is 2.39. The molecule has 0 spiro atoms. The number of fused-ring (bicyclic) bond motifs is 1. The maximum absolute atomic E-state index is 3.54. The number of aromatic nitrogens is 8. The minimum absolute atomic E-state index is 1.57. The van der Waals surface area contributed by atoms with E-state index in [1.807, 2.05) is 0 Å². The average Bonchev–Trinajstić information content (AvgIpc) is 2.43. The summed E-state index contributed by atoms with van der Waals surface area (Å²) in [5.41, 5.74) is 0. The van der Waals surface area contributed by atoms with Crippen LogP contribution in [-0.4, -0.2) is 40.3 Å². The second-order valence-electron chi connectivity index (χ2n) is 1.41. The molecule has 0 aliphatic rings. The Morgan fingerprint density at radius 1 is 1.40 bits per heavy atom. The summed E-state index contributed by atoms with van der Waals surface area (Å²) >= 11 is 0. The molecule has 0 aromatic carbocycles. The second kappa shape index (κ2) is 1.83. The number of hydrogen-bond donors (Lipinski definition) is 2. The summed E-state index contributed by atoms with van der Waals surface area (Å²) in [6, 6.07) is 0. The van der Waals surface area contributed by atoms with Crippen LogP contribution in [0.5, 0.6) is 0 Å². The van der Waals surface area contributed by atoms with Gasteiger partial charge in [0.1, 0.15) is 0 Å². The molecular formula is C2H2N8. The second-order valence-corrected chi connectivity index (χ2v) is 1.41. The van der Waals surface area contributed by atoms with Crippen molar-refractivity contribution in [3.8, 4) is 0 Å². The van der Waals surface area contributed by atoms with Gasteiger partial charge in [-0.3, -0.25) is 0 Å². The SMILES string of the molecule is [c]1nn2[nH]n12.[c]1nnn[nH]1. The first-order chi connectivity index (χ1) is 4.97. The fourth-order valence-corrected chi connectivity index (χ4v) is 0.355. The molecule has 0 saturated carbocycles. The normalized spacial score (nSPS) is 10.0. The molecule has 8 nitrogen and oxygen atoms in total. The van der Waals surface area contributed by atoms with E-state index >= 15 is 0 Å². The predicted octanol–water partition coefficient (Wildman–Crippen LogP) is -2.00. The van der Waals surface area contributed by atoms with Gasteiger partial charge in [-0.1, -0.05) is 4.74 Å². The highest BCUT2D eigenvalue weighted by atomic mass is 15.9. The third kappa shape index (κ3) is 0.811. The molecule has 2 N–H and O–H groups in total. The molecule has 0 aliphatic carbocycles. The van der Waals surface area contributed by atoms with Crippen LogP contribution >= 0.6 is 0 Å². The van der Waals surface area contributed by atoms with Crippen LogP contribution in [-0.2, 0) is 0 Å². The van der Waals surface area contributed by atoms with Crippen LogP contribution in [0.3, 0.4) is 0 Å². The van der Waals surface area contributed by atoms with Gasteiger partial charge in [0.2, 0.25) is 12.7 Å². The van der Waals surface area contributed by atoms with Crippen molar-refractivity contribution in [2.75, 3.05) is 0 Å². The number of H-pyrrole nitrogens is 2. The van der Waals surface area contributed by atoms with Crippen LogP contribution < -0.4 is 0 Å². The standard InChI is InChI=1S/2CHN4/c1-2-5-3-4(1)5;1-2-4-5-3-1/h3H;(H,2,3,4,5). The highest BCUT2D eigenvalue weighted by molar-refractivity contribution is 4.45. The summed E-state index contributed by atoms with van der Waals surface area (Å²) in [5, 5.41) is 18.0. The summed E-state index contributed by atoms with van der Waals surface area (Å²) in [7, 11) is 0. The van der Waals surface area contributed by atoms with Crippen LogP contribution in [0.15, 0.2) is 0 Å². The summed E-state index contributed by atoms with van der Waals surface area (Å²) in [5.74, 6) is 0. The molecule has 0 atom stereocenters. The van der Waals surface area contributed by atoms with E-state index in [1.54, 1.807) is 9.37 Å². The van der Waals surface area contributed by atoms with Crippen LogP contribution in [0.2, 0.25) is 0 Å². The largest absolute Gasteiger partial charge is 0.247 e. The first-order valence-corrected chi connectivity index (χ1v) is 2.39. The Hall–Kier alpha value is -1.86. The zero-order valence-electron chi connectivity index (χ0n) is 4.68. The molecule has 3 heterocycles. The molecule has 3 rings (SSSR count). The molecule has 50 valence electrons. The number of nitrogens with one attached hydrogen (secondary N) is 2. The molecule has 0 unspecified atom stereocenters. The van der Waals surface area contributed by atoms with Crippen molar-refractivity contribution in [2.45, 2.75) is 0 Å². The monoisotopic (exact) mass is 138 g/mol. The summed E-state index contributed by atoms with van der Waals surface area (Å²) < 4.78 is 3.21. The van der Waals surface area contributed by atoms with E-state index in [9.17, 15) is 0 Å². The third-order valence-electron chi connectivity index (χ3n) is 0.808. The van der Waals surface area contributed by atoms with Crippen molar-refractivity contribution in [2.24, 2.45) is 0 Å². The van der Waals surface area contributed by atoms with Gasteiger partial charge in [0.25, 0.3) is 0 Å². The number of nitrogens with zero attached hydrogens (tertiary/aromatic N) is 6. The zero-order valence-corrected chi connectivity index (χ0v) is 4.68. The van der Waals surface area contributed by atoms with Gasteiger partial charge in [0.15, 0.2) is 0 Å². The molecule has 0 saturated heterocycles. The van der Waals surface area contributed by atoms with Gasteiger partial charge in [-0.15, -0.1) is 14.8 Å². The Balaban J connectivity index is 0.0000000807. The molecule has 0 amide bonds. The Labute approximate surface area is 54.1 Å². The Bertz CT molecular complexity index is 282. The number of tetrazole rings is 2. The van der Waals surface area contributed by atoms with Gasteiger partial charge >= 0.3 is 0 Å². The summed E-state index contributed by atoms with van der Waals surface area (Å²) in [6.45, 7) is 0. The van der Waals surface area contributed by atoms with E-state index < -0.39 is 0 Å². The van der Waals surface area contributed by atoms with Crippen molar-refractivity contribution >= 4 is 0 Å². The topological polar surface area (TPSA) is 92.0 Å². The van der Waals surface area contributed by atoms with Crippen molar-refractivity contribution < 1.29 is 0 Å². The Kier molecular flexibility index (Phi) is 0.907. The minimum atomic E-state index is 1.57. The van der Waals surface area contributed by atoms with E-state index in [-0.39, 0.29) is 0 Å². The van der Waals surface area contributed by atoms with E-state index in [2.05, 4.69) is 43.6 Å². The molecule has 8 heteroatoms. The molecule has 3 aromatic rings. The van der Waals surface area contributed by atoms with Crippen molar-refractivity contribution in [3.63, 3.8) is 0 Å². The van der Waals surface area contributed by atoms with E-state index in [4.69, 9.17) is 0 Å². The lowest BCUT2D eigenvalue weighted by Crippen LogP contribution is -1.87.